The number of ether oxygens (including phenoxy) is 3. The van der Waals surface area contributed by atoms with Crippen molar-refractivity contribution < 1.29 is 49.3 Å². The van der Waals surface area contributed by atoms with Crippen LogP contribution in [0.25, 0.3) is 0 Å². The zero-order valence-electron chi connectivity index (χ0n) is 22.4. The van der Waals surface area contributed by atoms with E-state index < -0.39 is 71.1 Å². The summed E-state index contributed by atoms with van der Waals surface area (Å²) in [5.74, 6) is -1.41. The van der Waals surface area contributed by atoms with Crippen molar-refractivity contribution in [1.82, 2.24) is 0 Å². The maximum Gasteiger partial charge on any atom is 0.314 e. The quantitative estimate of drug-likeness (QED) is 0.256. The van der Waals surface area contributed by atoms with E-state index in [-0.39, 0.29) is 24.4 Å². The van der Waals surface area contributed by atoms with Gasteiger partial charge in [0.2, 0.25) is 6.29 Å². The van der Waals surface area contributed by atoms with Crippen molar-refractivity contribution in [2.75, 3.05) is 6.61 Å². The van der Waals surface area contributed by atoms with E-state index in [1.54, 1.807) is 0 Å². The van der Waals surface area contributed by atoms with E-state index in [4.69, 9.17) is 14.2 Å². The lowest BCUT2D eigenvalue weighted by molar-refractivity contribution is -0.299. The molecule has 0 amide bonds. The Balaban J connectivity index is 1.38. The standard InChI is InChI=1S/C28H42O10/c1-13-15-10-16(30)22-26(3)7-5-8-27(4,18(26)6-9-28(22,11-15)23(13)34)25(35)38-24-21(33)20(32)19(31)17(37-24)12-36-14(2)29/h15-24,30-34H,1,5-12H2,2-4H3/t15-,16+,17-,18+,19-,20+,21-,22+,23-,24+,26-,27-,28-/m1/s1. The lowest BCUT2D eigenvalue weighted by Gasteiger charge is -2.64. The molecule has 1 heterocycles. The van der Waals surface area contributed by atoms with Crippen molar-refractivity contribution >= 4 is 11.9 Å². The van der Waals surface area contributed by atoms with Crippen LogP contribution in [-0.2, 0) is 23.8 Å². The Hall–Kier alpha value is -1.56. The molecule has 5 aliphatic rings. The average Bonchev–Trinajstić information content (AvgIpc) is 3.03. The fourth-order valence-corrected chi connectivity index (χ4v) is 9.31. The van der Waals surface area contributed by atoms with Gasteiger partial charge < -0.3 is 39.7 Å². The van der Waals surface area contributed by atoms with E-state index in [0.717, 1.165) is 24.8 Å². The van der Waals surface area contributed by atoms with Gasteiger partial charge in [0.1, 0.15) is 31.0 Å². The monoisotopic (exact) mass is 538 g/mol. The van der Waals surface area contributed by atoms with E-state index in [1.165, 1.54) is 6.92 Å². The minimum Gasteiger partial charge on any atom is -0.463 e. The van der Waals surface area contributed by atoms with E-state index in [9.17, 15) is 35.1 Å². The Morgan fingerprint density at radius 2 is 1.76 bits per heavy atom. The first-order valence-electron chi connectivity index (χ1n) is 13.8. The van der Waals surface area contributed by atoms with E-state index in [2.05, 4.69) is 13.5 Å². The minimum absolute atomic E-state index is 0.114. The van der Waals surface area contributed by atoms with Crippen LogP contribution in [0, 0.1) is 34.0 Å². The molecule has 5 rings (SSSR count). The molecule has 5 N–H and O–H groups in total. The van der Waals surface area contributed by atoms with Gasteiger partial charge in [0.15, 0.2) is 0 Å². The van der Waals surface area contributed by atoms with Gasteiger partial charge in [-0.3, -0.25) is 9.59 Å². The highest BCUT2D eigenvalue weighted by atomic mass is 16.7. The van der Waals surface area contributed by atoms with Crippen molar-refractivity contribution in [3.63, 3.8) is 0 Å². The highest BCUT2D eigenvalue weighted by Crippen LogP contribution is 2.72. The normalized spacial score (nSPS) is 52.1. The third-order valence-electron chi connectivity index (χ3n) is 11.0. The first-order valence-corrected chi connectivity index (χ1v) is 13.8. The van der Waals surface area contributed by atoms with Crippen LogP contribution < -0.4 is 0 Å². The fraction of sp³-hybridized carbons (Fsp3) is 0.857. The van der Waals surface area contributed by atoms with Crippen molar-refractivity contribution in [3.8, 4) is 0 Å². The second kappa shape index (κ2) is 9.52. The first-order chi connectivity index (χ1) is 17.8. The molecular formula is C28H42O10. The van der Waals surface area contributed by atoms with E-state index in [1.807, 2.05) is 6.92 Å². The van der Waals surface area contributed by atoms with Gasteiger partial charge in [0, 0.05) is 12.3 Å². The third kappa shape index (κ3) is 3.97. The van der Waals surface area contributed by atoms with Crippen LogP contribution in [0.5, 0.6) is 0 Å². The van der Waals surface area contributed by atoms with Gasteiger partial charge in [0.05, 0.1) is 17.6 Å². The molecule has 13 atom stereocenters. The average molecular weight is 539 g/mol. The second-order valence-corrected chi connectivity index (χ2v) is 13.0. The van der Waals surface area contributed by atoms with Crippen LogP contribution >= 0.6 is 0 Å². The van der Waals surface area contributed by atoms with Crippen LogP contribution in [0.1, 0.15) is 65.7 Å². The Morgan fingerprint density at radius 3 is 2.45 bits per heavy atom. The zero-order chi connectivity index (χ0) is 27.8. The molecule has 0 radical (unpaired) electrons. The molecule has 1 saturated heterocycles. The highest BCUT2D eigenvalue weighted by Gasteiger charge is 2.70. The first kappa shape index (κ1) is 28.0. The summed E-state index contributed by atoms with van der Waals surface area (Å²) in [7, 11) is 0. The molecule has 1 spiro atoms. The number of fused-ring (bicyclic) bond motifs is 3. The number of aliphatic hydroxyl groups is 5. The topological polar surface area (TPSA) is 163 Å². The predicted octanol–water partition coefficient (Wildman–Crippen LogP) is 0.811. The van der Waals surface area contributed by atoms with Crippen molar-refractivity contribution in [3.05, 3.63) is 12.2 Å². The smallest absolute Gasteiger partial charge is 0.314 e. The molecule has 10 nitrogen and oxygen atoms in total. The van der Waals surface area contributed by atoms with Crippen LogP contribution in [-0.4, -0.2) is 87.0 Å². The van der Waals surface area contributed by atoms with Gasteiger partial charge >= 0.3 is 11.9 Å². The Kier molecular flexibility index (Phi) is 7.01. The summed E-state index contributed by atoms with van der Waals surface area (Å²) in [6, 6.07) is 0. The van der Waals surface area contributed by atoms with Crippen LogP contribution in [0.4, 0.5) is 0 Å². The summed E-state index contributed by atoms with van der Waals surface area (Å²) in [5, 5.41) is 53.8. The molecule has 5 fully saturated rings. The van der Waals surface area contributed by atoms with Gasteiger partial charge in [0.25, 0.3) is 0 Å². The summed E-state index contributed by atoms with van der Waals surface area (Å²) < 4.78 is 16.2. The van der Waals surface area contributed by atoms with E-state index in [0.29, 0.717) is 25.7 Å². The maximum absolute atomic E-state index is 13.8. The summed E-state index contributed by atoms with van der Waals surface area (Å²) in [6.07, 6.45) is -4.08. The molecule has 38 heavy (non-hydrogen) atoms. The summed E-state index contributed by atoms with van der Waals surface area (Å²) in [5.41, 5.74) is -1.01. The number of rotatable bonds is 4. The molecular weight excluding hydrogens is 496 g/mol. The Labute approximate surface area is 223 Å². The van der Waals surface area contributed by atoms with Gasteiger partial charge in [-0.1, -0.05) is 19.9 Å². The van der Waals surface area contributed by atoms with Crippen LogP contribution in [0.15, 0.2) is 12.2 Å². The van der Waals surface area contributed by atoms with Crippen molar-refractivity contribution in [1.29, 1.82) is 0 Å². The molecule has 0 aromatic heterocycles. The summed E-state index contributed by atoms with van der Waals surface area (Å²) >= 11 is 0. The maximum atomic E-state index is 13.8. The SMILES string of the molecule is C=C1[C@@H]2C[C@H](O)[C@H]3[C@]4(C)CCC[C@@](C)(C(=O)O[C@@H]5O[C@H](COC(C)=O)[C@@H](O)[C@H](O)[C@H]5O)[C@H]4CC[C@]3(C2)[C@@H]1O. The van der Waals surface area contributed by atoms with E-state index >= 15 is 0 Å². The number of carbonyl (C=O) groups excluding carboxylic acids is 2. The number of esters is 2. The van der Waals surface area contributed by atoms with Crippen molar-refractivity contribution in [2.24, 2.45) is 34.0 Å². The Bertz CT molecular complexity index is 985. The van der Waals surface area contributed by atoms with Crippen LogP contribution in [0.3, 0.4) is 0 Å². The van der Waals surface area contributed by atoms with Gasteiger partial charge in [-0.25, -0.2) is 0 Å². The summed E-state index contributed by atoms with van der Waals surface area (Å²) in [6.45, 7) is 8.96. The number of hydrogen-bond acceptors (Lipinski definition) is 10. The lowest BCUT2D eigenvalue weighted by Crippen LogP contribution is -2.64. The Morgan fingerprint density at radius 1 is 1.05 bits per heavy atom. The highest BCUT2D eigenvalue weighted by molar-refractivity contribution is 5.77. The minimum atomic E-state index is -1.69. The van der Waals surface area contributed by atoms with Gasteiger partial charge in [-0.15, -0.1) is 0 Å². The second-order valence-electron chi connectivity index (χ2n) is 13.0. The van der Waals surface area contributed by atoms with Crippen LogP contribution in [0.2, 0.25) is 0 Å². The largest absolute Gasteiger partial charge is 0.463 e. The zero-order valence-corrected chi connectivity index (χ0v) is 22.4. The molecule has 0 aromatic rings. The third-order valence-corrected chi connectivity index (χ3v) is 11.0. The lowest BCUT2D eigenvalue weighted by atomic mass is 9.40. The number of aliphatic hydroxyl groups excluding tert-OH is 5. The summed E-state index contributed by atoms with van der Waals surface area (Å²) in [4.78, 5) is 25.1. The number of carbonyl (C=O) groups is 2. The molecule has 214 valence electrons. The number of hydrogen-bond donors (Lipinski definition) is 5. The van der Waals surface area contributed by atoms with Gasteiger partial charge in [-0.2, -0.15) is 0 Å². The predicted molar refractivity (Wildman–Crippen MR) is 132 cm³/mol. The molecule has 4 saturated carbocycles. The molecule has 2 bridgehead atoms. The van der Waals surface area contributed by atoms with Gasteiger partial charge in [-0.05, 0) is 74.2 Å². The molecule has 0 aromatic carbocycles. The fourth-order valence-electron chi connectivity index (χ4n) is 9.31. The molecule has 10 heteroatoms. The molecule has 4 aliphatic carbocycles. The molecule has 0 unspecified atom stereocenters. The molecule has 1 aliphatic heterocycles. The van der Waals surface area contributed by atoms with Crippen molar-refractivity contribution in [2.45, 2.75) is 109 Å².